The second kappa shape index (κ2) is 6.53. The van der Waals surface area contributed by atoms with E-state index in [4.69, 9.17) is 0 Å². The monoisotopic (exact) mass is 350 g/mol. The number of amides is 1. The first-order valence-electron chi connectivity index (χ1n) is 7.88. The molecule has 0 radical (unpaired) electrons. The van der Waals surface area contributed by atoms with Crippen LogP contribution < -0.4 is 5.32 Å². The van der Waals surface area contributed by atoms with E-state index in [1.165, 1.54) is 12.1 Å². The maximum Gasteiger partial charge on any atom is 0.272 e. The fourth-order valence-electron chi connectivity index (χ4n) is 2.83. The minimum Gasteiger partial charge on any atom is -0.331 e. The molecule has 2 aromatic heterocycles. The summed E-state index contributed by atoms with van der Waals surface area (Å²) in [5, 5.41) is 4.86. The van der Waals surface area contributed by atoms with Gasteiger partial charge in [-0.3, -0.25) is 4.79 Å². The van der Waals surface area contributed by atoms with Crippen molar-refractivity contribution < 1.29 is 9.18 Å². The highest BCUT2D eigenvalue weighted by Gasteiger charge is 2.17. The summed E-state index contributed by atoms with van der Waals surface area (Å²) in [6, 6.07) is 19.7. The van der Waals surface area contributed by atoms with Crippen molar-refractivity contribution in [3.8, 4) is 0 Å². The van der Waals surface area contributed by atoms with E-state index in [1.54, 1.807) is 23.5 Å². The van der Waals surface area contributed by atoms with Crippen LogP contribution in [0.3, 0.4) is 0 Å². The van der Waals surface area contributed by atoms with Crippen LogP contribution >= 0.6 is 11.3 Å². The average Bonchev–Trinajstić information content (AvgIpc) is 3.21. The van der Waals surface area contributed by atoms with Crippen LogP contribution in [0.5, 0.6) is 0 Å². The van der Waals surface area contributed by atoms with Crippen LogP contribution in [0.1, 0.15) is 16.1 Å². The van der Waals surface area contributed by atoms with Crippen LogP contribution in [-0.2, 0) is 6.54 Å². The van der Waals surface area contributed by atoms with Crippen molar-refractivity contribution in [2.24, 2.45) is 0 Å². The summed E-state index contributed by atoms with van der Waals surface area (Å²) in [7, 11) is 0. The number of halogens is 1. The molecule has 0 aliphatic heterocycles. The molecule has 4 aromatic rings. The van der Waals surface area contributed by atoms with Gasteiger partial charge in [-0.25, -0.2) is 4.39 Å². The van der Waals surface area contributed by atoms with Crippen LogP contribution in [0.15, 0.2) is 72.1 Å². The molecule has 0 bridgehead atoms. The molecule has 0 atom stereocenters. The molecule has 5 heteroatoms. The number of nitrogens with one attached hydrogen (secondary N) is 1. The second-order valence-electron chi connectivity index (χ2n) is 5.73. The molecule has 1 N–H and O–H groups in total. The molecule has 0 aliphatic carbocycles. The maximum atomic E-state index is 13.0. The van der Waals surface area contributed by atoms with E-state index in [2.05, 4.69) is 5.32 Å². The highest BCUT2D eigenvalue weighted by atomic mass is 32.1. The van der Waals surface area contributed by atoms with E-state index in [-0.39, 0.29) is 11.7 Å². The van der Waals surface area contributed by atoms with Crippen molar-refractivity contribution in [2.45, 2.75) is 6.54 Å². The molecular weight excluding hydrogens is 335 g/mol. The quantitative estimate of drug-likeness (QED) is 0.543. The van der Waals surface area contributed by atoms with Crippen molar-refractivity contribution in [3.63, 3.8) is 0 Å². The lowest BCUT2D eigenvalue weighted by Crippen LogP contribution is -2.17. The Bertz CT molecular complexity index is 1020. The predicted molar refractivity (Wildman–Crippen MR) is 99.7 cm³/mol. The normalized spacial score (nSPS) is 10.9. The van der Waals surface area contributed by atoms with Gasteiger partial charge in [0, 0.05) is 12.2 Å². The molecular formula is C20H15FN2OS. The standard InChI is InChI=1S/C20H15FN2OS/c21-15-6-8-16(9-7-15)22-20(24)18-12-19-17(10-11-25-19)23(18)13-14-4-2-1-3-5-14/h1-12H,13H2,(H,22,24). The number of nitrogens with zero attached hydrogens (tertiary/aromatic N) is 1. The molecule has 3 nitrogen and oxygen atoms in total. The fraction of sp³-hybridized carbons (Fsp3) is 0.0500. The summed E-state index contributed by atoms with van der Waals surface area (Å²) in [5.74, 6) is -0.531. The van der Waals surface area contributed by atoms with Crippen LogP contribution in [0.2, 0.25) is 0 Å². The van der Waals surface area contributed by atoms with Crippen LogP contribution in [0.4, 0.5) is 10.1 Å². The Hall–Kier alpha value is -2.92. The second-order valence-corrected chi connectivity index (χ2v) is 6.68. The predicted octanol–water partition coefficient (Wildman–Crippen LogP) is 5.14. The lowest BCUT2D eigenvalue weighted by Gasteiger charge is -2.11. The molecule has 124 valence electrons. The number of carbonyl (C=O) groups is 1. The third kappa shape index (κ3) is 3.19. The summed E-state index contributed by atoms with van der Waals surface area (Å²) in [6.07, 6.45) is 0. The van der Waals surface area contributed by atoms with Gasteiger partial charge >= 0.3 is 0 Å². The Morgan fingerprint density at radius 2 is 1.80 bits per heavy atom. The van der Waals surface area contributed by atoms with E-state index >= 15 is 0 Å². The van der Waals surface area contributed by atoms with Crippen LogP contribution in [0, 0.1) is 5.82 Å². The van der Waals surface area contributed by atoms with E-state index in [9.17, 15) is 9.18 Å². The van der Waals surface area contributed by atoms with Crippen LogP contribution in [0.25, 0.3) is 10.2 Å². The van der Waals surface area contributed by atoms with Crippen molar-refractivity contribution in [1.29, 1.82) is 0 Å². The molecule has 2 heterocycles. The van der Waals surface area contributed by atoms with E-state index in [0.29, 0.717) is 17.9 Å². The summed E-state index contributed by atoms with van der Waals surface area (Å²) in [6.45, 7) is 0.618. The molecule has 0 fully saturated rings. The molecule has 1 amide bonds. The maximum absolute atomic E-state index is 13.0. The SMILES string of the molecule is O=C(Nc1ccc(F)cc1)c1cc2sccc2n1Cc1ccccc1. The largest absolute Gasteiger partial charge is 0.331 e. The molecule has 4 rings (SSSR count). The number of anilines is 1. The first-order valence-corrected chi connectivity index (χ1v) is 8.76. The molecule has 2 aromatic carbocycles. The topological polar surface area (TPSA) is 34.0 Å². The van der Waals surface area contributed by atoms with Gasteiger partial charge in [0.2, 0.25) is 0 Å². The number of hydrogen-bond donors (Lipinski definition) is 1. The highest BCUT2D eigenvalue weighted by molar-refractivity contribution is 7.17. The van der Waals surface area contributed by atoms with Crippen molar-refractivity contribution in [3.05, 3.63) is 89.2 Å². The first kappa shape index (κ1) is 15.6. The Morgan fingerprint density at radius 3 is 2.56 bits per heavy atom. The Balaban J connectivity index is 1.68. The van der Waals surface area contributed by atoms with Gasteiger partial charge in [0.05, 0.1) is 10.2 Å². The molecule has 0 spiro atoms. The van der Waals surface area contributed by atoms with Crippen molar-refractivity contribution >= 4 is 33.1 Å². The highest BCUT2D eigenvalue weighted by Crippen LogP contribution is 2.27. The molecule has 0 unspecified atom stereocenters. The lowest BCUT2D eigenvalue weighted by atomic mass is 10.2. The van der Waals surface area contributed by atoms with Crippen molar-refractivity contribution in [2.75, 3.05) is 5.32 Å². The van der Waals surface area contributed by atoms with Gasteiger partial charge in [-0.2, -0.15) is 0 Å². The number of fused-ring (bicyclic) bond motifs is 1. The fourth-order valence-corrected chi connectivity index (χ4v) is 3.65. The molecule has 25 heavy (non-hydrogen) atoms. The summed E-state index contributed by atoms with van der Waals surface area (Å²) < 4.78 is 16.1. The van der Waals surface area contributed by atoms with Gasteiger partial charge in [-0.1, -0.05) is 30.3 Å². The molecule has 0 aliphatic rings. The number of hydrogen-bond acceptors (Lipinski definition) is 2. The van der Waals surface area contributed by atoms with Gasteiger partial charge in [0.25, 0.3) is 5.91 Å². The Morgan fingerprint density at radius 1 is 1.04 bits per heavy atom. The smallest absolute Gasteiger partial charge is 0.272 e. The Kier molecular flexibility index (Phi) is 4.07. The molecule has 0 saturated heterocycles. The minimum atomic E-state index is -0.328. The first-order chi connectivity index (χ1) is 12.2. The number of thiophene rings is 1. The van der Waals surface area contributed by atoms with Gasteiger partial charge in [0.15, 0.2) is 0 Å². The van der Waals surface area contributed by atoms with Gasteiger partial charge in [0.1, 0.15) is 11.5 Å². The zero-order valence-corrected chi connectivity index (χ0v) is 14.1. The number of rotatable bonds is 4. The minimum absolute atomic E-state index is 0.203. The van der Waals surface area contributed by atoms with Crippen molar-refractivity contribution in [1.82, 2.24) is 4.57 Å². The van der Waals surface area contributed by atoms with E-state index < -0.39 is 0 Å². The lowest BCUT2D eigenvalue weighted by molar-refractivity contribution is 0.101. The summed E-state index contributed by atoms with van der Waals surface area (Å²) in [5.41, 5.74) is 3.33. The third-order valence-corrected chi connectivity index (χ3v) is 4.89. The Labute approximate surface area is 148 Å². The molecule has 0 saturated carbocycles. The summed E-state index contributed by atoms with van der Waals surface area (Å²) >= 11 is 1.61. The number of aromatic nitrogens is 1. The van der Waals surface area contributed by atoms with Gasteiger partial charge in [-0.15, -0.1) is 11.3 Å². The van der Waals surface area contributed by atoms with Crippen LogP contribution in [-0.4, -0.2) is 10.5 Å². The average molecular weight is 350 g/mol. The zero-order chi connectivity index (χ0) is 17.2. The summed E-state index contributed by atoms with van der Waals surface area (Å²) in [4.78, 5) is 12.8. The number of benzene rings is 2. The van der Waals surface area contributed by atoms with E-state index in [1.807, 2.05) is 52.4 Å². The third-order valence-electron chi connectivity index (χ3n) is 4.04. The van der Waals surface area contributed by atoms with Gasteiger partial charge in [-0.05, 0) is 47.3 Å². The number of carbonyl (C=O) groups excluding carboxylic acids is 1. The van der Waals surface area contributed by atoms with Gasteiger partial charge < -0.3 is 9.88 Å². The van der Waals surface area contributed by atoms with E-state index in [0.717, 1.165) is 15.8 Å². The zero-order valence-electron chi connectivity index (χ0n) is 13.3.